The van der Waals surface area contributed by atoms with E-state index in [0.29, 0.717) is 5.56 Å². The highest BCUT2D eigenvalue weighted by atomic mass is 32.1. The molecule has 0 bridgehead atoms. The molecule has 0 aliphatic heterocycles. The number of hydrogen-bond donors (Lipinski definition) is 1. The summed E-state index contributed by atoms with van der Waals surface area (Å²) in [5.41, 5.74) is 2.31. The van der Waals surface area contributed by atoms with E-state index in [1.54, 1.807) is 23.5 Å². The summed E-state index contributed by atoms with van der Waals surface area (Å²) in [7, 11) is 1.96. The Bertz CT molecular complexity index is 548. The number of carboxylic acid groups (broad SMARTS) is 1. The number of benzene rings is 1. The summed E-state index contributed by atoms with van der Waals surface area (Å²) in [6.45, 7) is 2.70. The van der Waals surface area contributed by atoms with Gasteiger partial charge in [-0.25, -0.2) is 9.78 Å². The van der Waals surface area contributed by atoms with Crippen molar-refractivity contribution in [1.29, 1.82) is 0 Å². The molecule has 2 rings (SSSR count). The highest BCUT2D eigenvalue weighted by molar-refractivity contribution is 7.09. The van der Waals surface area contributed by atoms with E-state index >= 15 is 0 Å². The van der Waals surface area contributed by atoms with Crippen molar-refractivity contribution >= 4 is 23.0 Å². The van der Waals surface area contributed by atoms with E-state index in [1.807, 2.05) is 36.4 Å². The molecule has 0 aliphatic carbocycles. The summed E-state index contributed by atoms with van der Waals surface area (Å²) in [5.74, 6) is -0.903. The lowest BCUT2D eigenvalue weighted by atomic mass is 10.2. The average Bonchev–Trinajstić information content (AvgIpc) is 2.75. The van der Waals surface area contributed by atoms with Gasteiger partial charge in [0.1, 0.15) is 0 Å². The second-order valence-electron chi connectivity index (χ2n) is 4.07. The Labute approximate surface area is 110 Å². The van der Waals surface area contributed by atoms with Crippen molar-refractivity contribution in [3.8, 4) is 0 Å². The first-order chi connectivity index (χ1) is 8.56. The topological polar surface area (TPSA) is 53.4 Å². The molecule has 0 unspecified atom stereocenters. The standard InChI is InChI=1S/C13H14N2O2S/c1-9-14-11(8-18-9)7-15(2)12-5-3-10(4-6-12)13(16)17/h3-6,8H,7H2,1-2H3,(H,16,17). The van der Waals surface area contributed by atoms with Gasteiger partial charge in [0.25, 0.3) is 0 Å². The van der Waals surface area contributed by atoms with Crippen LogP contribution >= 0.6 is 11.3 Å². The number of carboxylic acids is 1. The van der Waals surface area contributed by atoms with Gasteiger partial charge in [-0.1, -0.05) is 0 Å². The Kier molecular flexibility index (Phi) is 3.62. The van der Waals surface area contributed by atoms with Crippen molar-refractivity contribution in [2.75, 3.05) is 11.9 Å². The van der Waals surface area contributed by atoms with Crippen LogP contribution in [0.2, 0.25) is 0 Å². The molecular formula is C13H14N2O2S. The number of nitrogens with zero attached hydrogens (tertiary/aromatic N) is 2. The van der Waals surface area contributed by atoms with Gasteiger partial charge in [-0.3, -0.25) is 0 Å². The molecule has 0 radical (unpaired) electrons. The Morgan fingerprint density at radius 2 is 2.06 bits per heavy atom. The number of aromatic nitrogens is 1. The average molecular weight is 262 g/mol. The maximum Gasteiger partial charge on any atom is 0.335 e. The van der Waals surface area contributed by atoms with Crippen molar-refractivity contribution in [3.05, 3.63) is 45.9 Å². The molecule has 1 heterocycles. The summed E-state index contributed by atoms with van der Waals surface area (Å²) in [6, 6.07) is 6.84. The first-order valence-electron chi connectivity index (χ1n) is 5.52. The smallest absolute Gasteiger partial charge is 0.335 e. The van der Waals surface area contributed by atoms with Crippen molar-refractivity contribution in [2.24, 2.45) is 0 Å². The molecular weight excluding hydrogens is 248 g/mol. The van der Waals surface area contributed by atoms with Gasteiger partial charge < -0.3 is 10.0 Å². The molecule has 4 nitrogen and oxygen atoms in total. The van der Waals surface area contributed by atoms with E-state index in [1.165, 1.54) is 0 Å². The zero-order chi connectivity index (χ0) is 13.1. The van der Waals surface area contributed by atoms with Gasteiger partial charge in [-0.2, -0.15) is 0 Å². The van der Waals surface area contributed by atoms with E-state index in [-0.39, 0.29) is 0 Å². The fraction of sp³-hybridized carbons (Fsp3) is 0.231. The van der Waals surface area contributed by atoms with Crippen LogP contribution in [0.25, 0.3) is 0 Å². The van der Waals surface area contributed by atoms with Crippen LogP contribution in [0.4, 0.5) is 5.69 Å². The second-order valence-corrected chi connectivity index (χ2v) is 5.13. The van der Waals surface area contributed by atoms with Crippen molar-refractivity contribution in [2.45, 2.75) is 13.5 Å². The van der Waals surface area contributed by atoms with Gasteiger partial charge in [0, 0.05) is 18.1 Å². The second kappa shape index (κ2) is 5.18. The molecule has 2 aromatic rings. The van der Waals surface area contributed by atoms with Crippen molar-refractivity contribution < 1.29 is 9.90 Å². The third-order valence-corrected chi connectivity index (χ3v) is 3.44. The van der Waals surface area contributed by atoms with Gasteiger partial charge >= 0.3 is 5.97 Å². The molecule has 0 aliphatic rings. The number of aromatic carboxylic acids is 1. The molecule has 18 heavy (non-hydrogen) atoms. The molecule has 5 heteroatoms. The van der Waals surface area contributed by atoms with Gasteiger partial charge in [0.2, 0.25) is 0 Å². The van der Waals surface area contributed by atoms with Crippen LogP contribution in [0, 0.1) is 6.92 Å². The summed E-state index contributed by atoms with van der Waals surface area (Å²) < 4.78 is 0. The predicted molar refractivity (Wildman–Crippen MR) is 72.4 cm³/mol. The lowest BCUT2D eigenvalue weighted by Gasteiger charge is -2.18. The van der Waals surface area contributed by atoms with Crippen molar-refractivity contribution in [3.63, 3.8) is 0 Å². The Hall–Kier alpha value is -1.88. The van der Waals surface area contributed by atoms with Crippen LogP contribution in [0.1, 0.15) is 21.1 Å². The third-order valence-electron chi connectivity index (χ3n) is 2.62. The highest BCUT2D eigenvalue weighted by Crippen LogP contribution is 2.17. The molecule has 0 spiro atoms. The molecule has 0 saturated heterocycles. The van der Waals surface area contributed by atoms with Gasteiger partial charge in [0.15, 0.2) is 0 Å². The fourth-order valence-electron chi connectivity index (χ4n) is 1.67. The Morgan fingerprint density at radius 1 is 1.39 bits per heavy atom. The normalized spacial score (nSPS) is 10.3. The minimum atomic E-state index is -0.903. The minimum absolute atomic E-state index is 0.302. The van der Waals surface area contributed by atoms with E-state index in [0.717, 1.165) is 22.9 Å². The largest absolute Gasteiger partial charge is 0.478 e. The summed E-state index contributed by atoms with van der Waals surface area (Å²) in [4.78, 5) is 17.2. The Morgan fingerprint density at radius 3 is 2.56 bits per heavy atom. The number of rotatable bonds is 4. The third kappa shape index (κ3) is 2.87. The first-order valence-corrected chi connectivity index (χ1v) is 6.40. The molecule has 0 saturated carbocycles. The van der Waals surface area contributed by atoms with Gasteiger partial charge in [0.05, 0.1) is 22.8 Å². The summed E-state index contributed by atoms with van der Waals surface area (Å²) in [5, 5.41) is 11.9. The molecule has 1 aromatic carbocycles. The van der Waals surface area contributed by atoms with Crippen LogP contribution in [0.5, 0.6) is 0 Å². The maximum atomic E-state index is 10.8. The van der Waals surface area contributed by atoms with Crippen molar-refractivity contribution in [1.82, 2.24) is 4.98 Å². The predicted octanol–water partition coefficient (Wildman–Crippen LogP) is 2.79. The maximum absolute atomic E-state index is 10.8. The van der Waals surface area contributed by atoms with Crippen LogP contribution in [0.3, 0.4) is 0 Å². The quantitative estimate of drug-likeness (QED) is 0.920. The number of carbonyl (C=O) groups is 1. The first kappa shape index (κ1) is 12.6. The lowest BCUT2D eigenvalue weighted by Crippen LogP contribution is -2.16. The molecule has 0 fully saturated rings. The van der Waals surface area contributed by atoms with Crippen LogP contribution < -0.4 is 4.90 Å². The number of aryl methyl sites for hydroxylation is 1. The van der Waals surface area contributed by atoms with E-state index in [2.05, 4.69) is 4.98 Å². The SMILES string of the molecule is Cc1nc(CN(C)c2ccc(C(=O)O)cc2)cs1. The fourth-order valence-corrected chi connectivity index (χ4v) is 2.28. The van der Waals surface area contributed by atoms with Gasteiger partial charge in [-0.05, 0) is 31.2 Å². The van der Waals surface area contributed by atoms with Crippen LogP contribution in [0.15, 0.2) is 29.6 Å². The van der Waals surface area contributed by atoms with Crippen LogP contribution in [-0.2, 0) is 6.54 Å². The molecule has 1 N–H and O–H groups in total. The van der Waals surface area contributed by atoms with Gasteiger partial charge in [-0.15, -0.1) is 11.3 Å². The highest BCUT2D eigenvalue weighted by Gasteiger charge is 2.06. The molecule has 0 amide bonds. The Balaban J connectivity index is 2.09. The number of anilines is 1. The summed E-state index contributed by atoms with van der Waals surface area (Å²) >= 11 is 1.63. The van der Waals surface area contributed by atoms with E-state index < -0.39 is 5.97 Å². The number of hydrogen-bond acceptors (Lipinski definition) is 4. The molecule has 1 aromatic heterocycles. The lowest BCUT2D eigenvalue weighted by molar-refractivity contribution is 0.0697. The monoisotopic (exact) mass is 262 g/mol. The zero-order valence-electron chi connectivity index (χ0n) is 10.3. The molecule has 0 atom stereocenters. The number of thiazole rings is 1. The zero-order valence-corrected chi connectivity index (χ0v) is 11.1. The van der Waals surface area contributed by atoms with E-state index in [9.17, 15) is 4.79 Å². The molecule has 94 valence electrons. The van der Waals surface area contributed by atoms with E-state index in [4.69, 9.17) is 5.11 Å². The van der Waals surface area contributed by atoms with Crippen LogP contribution in [-0.4, -0.2) is 23.1 Å². The minimum Gasteiger partial charge on any atom is -0.478 e. The summed E-state index contributed by atoms with van der Waals surface area (Å²) in [6.07, 6.45) is 0.